The van der Waals surface area contributed by atoms with Gasteiger partial charge in [-0.15, -0.1) is 0 Å². The van der Waals surface area contributed by atoms with Crippen LogP contribution in [0.15, 0.2) is 24.3 Å². The fraction of sp³-hybridized carbons (Fsp3) is 0.455. The number of hydrogen-bond donors (Lipinski definition) is 2. The Balaban J connectivity index is 2.16. The molecular weight excluding hydrogens is 176 g/mol. The molecule has 3 nitrogen and oxygen atoms in total. The number of nitrogens with one attached hydrogen (secondary N) is 1. The third-order valence-electron chi connectivity index (χ3n) is 2.68. The van der Waals surface area contributed by atoms with Gasteiger partial charge in [-0.25, -0.2) is 0 Å². The van der Waals surface area contributed by atoms with Crippen LogP contribution in [0.25, 0.3) is 0 Å². The Hall–Kier alpha value is -1.22. The normalized spacial score (nSPS) is 22.4. The Kier molecular flexibility index (Phi) is 2.59. The second-order valence-electron chi connectivity index (χ2n) is 3.76. The Morgan fingerprint density at radius 1 is 1.36 bits per heavy atom. The minimum atomic E-state index is 0.330. The molecule has 14 heavy (non-hydrogen) atoms. The molecule has 1 aromatic carbocycles. The third-order valence-corrected chi connectivity index (χ3v) is 2.68. The second-order valence-corrected chi connectivity index (χ2v) is 3.76. The van der Waals surface area contributed by atoms with E-state index in [1.807, 2.05) is 12.1 Å². The Bertz CT molecular complexity index is 297. The van der Waals surface area contributed by atoms with E-state index in [-0.39, 0.29) is 0 Å². The van der Waals surface area contributed by atoms with Gasteiger partial charge in [0.15, 0.2) is 0 Å². The topological polar surface area (TPSA) is 35.5 Å². The van der Waals surface area contributed by atoms with Crippen LogP contribution in [0.5, 0.6) is 5.75 Å². The van der Waals surface area contributed by atoms with Crippen LogP contribution in [-0.2, 0) is 0 Å². The molecule has 0 spiro atoms. The van der Waals surface area contributed by atoms with Crippen LogP contribution in [0.4, 0.5) is 5.69 Å². The Morgan fingerprint density at radius 3 is 2.71 bits per heavy atom. The zero-order valence-corrected chi connectivity index (χ0v) is 8.40. The van der Waals surface area contributed by atoms with Crippen LogP contribution in [0.1, 0.15) is 6.92 Å². The number of piperazine rings is 1. The van der Waals surface area contributed by atoms with Gasteiger partial charge in [0.25, 0.3) is 0 Å². The van der Waals surface area contributed by atoms with E-state index < -0.39 is 0 Å². The maximum atomic E-state index is 9.19. The highest BCUT2D eigenvalue weighted by Crippen LogP contribution is 2.20. The monoisotopic (exact) mass is 192 g/mol. The molecular formula is C11H16N2O. The molecule has 3 heteroatoms. The summed E-state index contributed by atoms with van der Waals surface area (Å²) in [6.45, 7) is 5.30. The maximum Gasteiger partial charge on any atom is 0.115 e. The zero-order valence-electron chi connectivity index (χ0n) is 8.40. The number of rotatable bonds is 1. The van der Waals surface area contributed by atoms with E-state index in [2.05, 4.69) is 17.1 Å². The van der Waals surface area contributed by atoms with Crippen LogP contribution in [0, 0.1) is 0 Å². The van der Waals surface area contributed by atoms with E-state index in [1.165, 1.54) is 5.69 Å². The van der Waals surface area contributed by atoms with Crippen LogP contribution >= 0.6 is 0 Å². The van der Waals surface area contributed by atoms with E-state index >= 15 is 0 Å². The van der Waals surface area contributed by atoms with Crippen molar-refractivity contribution in [3.63, 3.8) is 0 Å². The number of nitrogens with zero attached hydrogens (tertiary/aromatic N) is 1. The summed E-state index contributed by atoms with van der Waals surface area (Å²) in [6.07, 6.45) is 0. The second kappa shape index (κ2) is 3.88. The highest BCUT2D eigenvalue weighted by atomic mass is 16.3. The number of benzene rings is 1. The number of hydrogen-bond acceptors (Lipinski definition) is 3. The predicted octanol–water partition coefficient (Wildman–Crippen LogP) is 1.19. The van der Waals surface area contributed by atoms with E-state index in [4.69, 9.17) is 0 Å². The van der Waals surface area contributed by atoms with E-state index in [0.717, 1.165) is 19.6 Å². The minimum absolute atomic E-state index is 0.330. The fourth-order valence-electron chi connectivity index (χ4n) is 1.87. The predicted molar refractivity (Wildman–Crippen MR) is 57.8 cm³/mol. The first-order chi connectivity index (χ1) is 6.77. The van der Waals surface area contributed by atoms with Gasteiger partial charge in [-0.3, -0.25) is 0 Å². The van der Waals surface area contributed by atoms with Gasteiger partial charge in [-0.05, 0) is 31.2 Å². The van der Waals surface area contributed by atoms with Gasteiger partial charge in [-0.2, -0.15) is 0 Å². The van der Waals surface area contributed by atoms with Gasteiger partial charge in [0.1, 0.15) is 5.75 Å². The number of aromatic hydroxyl groups is 1. The number of phenols is 1. The lowest BCUT2D eigenvalue weighted by molar-refractivity contribution is 0.474. The van der Waals surface area contributed by atoms with Crippen molar-refractivity contribution in [1.29, 1.82) is 0 Å². The highest BCUT2D eigenvalue weighted by molar-refractivity contribution is 5.50. The van der Waals surface area contributed by atoms with Crippen molar-refractivity contribution in [3.8, 4) is 5.75 Å². The molecule has 0 aliphatic carbocycles. The fourth-order valence-corrected chi connectivity index (χ4v) is 1.87. The summed E-state index contributed by atoms with van der Waals surface area (Å²) in [5.41, 5.74) is 1.19. The first-order valence-corrected chi connectivity index (χ1v) is 5.04. The smallest absolute Gasteiger partial charge is 0.115 e. The molecule has 1 aromatic rings. The average molecular weight is 192 g/mol. The lowest BCUT2D eigenvalue weighted by Gasteiger charge is -2.35. The van der Waals surface area contributed by atoms with Crippen molar-refractivity contribution in [2.45, 2.75) is 13.0 Å². The van der Waals surface area contributed by atoms with Gasteiger partial charge in [0, 0.05) is 31.4 Å². The molecule has 0 amide bonds. The molecule has 0 aromatic heterocycles. The lowest BCUT2D eigenvalue weighted by Crippen LogP contribution is -2.49. The minimum Gasteiger partial charge on any atom is -0.508 e. The summed E-state index contributed by atoms with van der Waals surface area (Å²) in [4.78, 5) is 2.36. The van der Waals surface area contributed by atoms with Crippen LogP contribution < -0.4 is 10.2 Å². The van der Waals surface area contributed by atoms with Crippen molar-refractivity contribution in [1.82, 2.24) is 5.32 Å². The molecule has 76 valence electrons. The molecule has 0 radical (unpaired) electrons. The average Bonchev–Trinajstić information content (AvgIpc) is 2.20. The van der Waals surface area contributed by atoms with E-state index in [0.29, 0.717) is 11.8 Å². The van der Waals surface area contributed by atoms with E-state index in [1.54, 1.807) is 12.1 Å². The molecule has 1 aliphatic rings. The summed E-state index contributed by atoms with van der Waals surface area (Å²) in [6, 6.07) is 7.94. The molecule has 1 unspecified atom stereocenters. The van der Waals surface area contributed by atoms with Gasteiger partial charge in [-0.1, -0.05) is 0 Å². The van der Waals surface area contributed by atoms with Crippen molar-refractivity contribution in [2.75, 3.05) is 24.5 Å². The third kappa shape index (κ3) is 1.82. The van der Waals surface area contributed by atoms with Crippen molar-refractivity contribution < 1.29 is 5.11 Å². The molecule has 2 N–H and O–H groups in total. The molecule has 1 heterocycles. The van der Waals surface area contributed by atoms with Gasteiger partial charge >= 0.3 is 0 Å². The maximum absolute atomic E-state index is 9.19. The SMILES string of the molecule is CC1CNCCN1c1ccc(O)cc1. The molecule has 0 bridgehead atoms. The molecule has 1 atom stereocenters. The standard InChI is InChI=1S/C11H16N2O/c1-9-8-12-6-7-13(9)10-2-4-11(14)5-3-10/h2-5,9,12,14H,6-8H2,1H3. The number of anilines is 1. The van der Waals surface area contributed by atoms with Crippen LogP contribution in [0.2, 0.25) is 0 Å². The Morgan fingerprint density at radius 2 is 2.07 bits per heavy atom. The molecule has 1 saturated heterocycles. The van der Waals surface area contributed by atoms with E-state index in [9.17, 15) is 5.11 Å². The van der Waals surface area contributed by atoms with Crippen LogP contribution in [-0.4, -0.2) is 30.8 Å². The summed E-state index contributed by atoms with van der Waals surface area (Å²) in [5, 5.41) is 12.5. The quantitative estimate of drug-likeness (QED) is 0.701. The van der Waals surface area contributed by atoms with Gasteiger partial charge in [0.2, 0.25) is 0 Å². The summed E-state index contributed by atoms with van der Waals surface area (Å²) in [5.74, 6) is 0.330. The highest BCUT2D eigenvalue weighted by Gasteiger charge is 2.17. The number of phenolic OH excluding ortho intramolecular Hbond substituents is 1. The van der Waals surface area contributed by atoms with Crippen molar-refractivity contribution in [2.24, 2.45) is 0 Å². The first kappa shape index (κ1) is 9.34. The molecule has 0 saturated carbocycles. The van der Waals surface area contributed by atoms with Crippen LogP contribution in [0.3, 0.4) is 0 Å². The molecule has 1 fully saturated rings. The largest absolute Gasteiger partial charge is 0.508 e. The summed E-state index contributed by atoms with van der Waals surface area (Å²) < 4.78 is 0. The van der Waals surface area contributed by atoms with Gasteiger partial charge < -0.3 is 15.3 Å². The first-order valence-electron chi connectivity index (χ1n) is 5.04. The van der Waals surface area contributed by atoms with Gasteiger partial charge in [0.05, 0.1) is 0 Å². The molecule has 2 rings (SSSR count). The Labute approximate surface area is 84.4 Å². The van der Waals surface area contributed by atoms with Crippen molar-refractivity contribution in [3.05, 3.63) is 24.3 Å². The lowest BCUT2D eigenvalue weighted by atomic mass is 10.2. The summed E-state index contributed by atoms with van der Waals surface area (Å²) >= 11 is 0. The molecule has 1 aliphatic heterocycles. The summed E-state index contributed by atoms with van der Waals surface area (Å²) in [7, 11) is 0. The zero-order chi connectivity index (χ0) is 9.97. The van der Waals surface area contributed by atoms with Crippen molar-refractivity contribution >= 4 is 5.69 Å².